The number of aromatic nitrogens is 1. The van der Waals surface area contributed by atoms with E-state index in [1.807, 2.05) is 11.8 Å². The van der Waals surface area contributed by atoms with Crippen molar-refractivity contribution < 1.29 is 9.05 Å². The molecule has 32 heavy (non-hydrogen) atoms. The number of allylic oxidation sites excluding steroid dienone is 2. The molecule has 0 bridgehead atoms. The van der Waals surface area contributed by atoms with Gasteiger partial charge in [-0.2, -0.15) is 0 Å². The number of nitrogens with zero attached hydrogens (tertiary/aromatic N) is 3. The fourth-order valence-corrected chi connectivity index (χ4v) is 5.31. The number of quaternary nitrogens is 1. The van der Waals surface area contributed by atoms with Crippen LogP contribution in [0.15, 0.2) is 82.9 Å². The van der Waals surface area contributed by atoms with Crippen LogP contribution in [-0.2, 0) is 7.05 Å². The molecule has 0 atom stereocenters. The van der Waals surface area contributed by atoms with Crippen LogP contribution < -0.4 is 9.47 Å². The molecule has 0 aliphatic carbocycles. The first-order valence-corrected chi connectivity index (χ1v) is 12.3. The Balaban J connectivity index is 1.49. The lowest BCUT2D eigenvalue weighted by molar-refractivity contribution is -0.870. The van der Waals surface area contributed by atoms with Gasteiger partial charge in [0.25, 0.3) is 0 Å². The number of aryl methyl sites for hydroxylation is 1. The van der Waals surface area contributed by atoms with Crippen molar-refractivity contribution in [2.75, 3.05) is 39.1 Å². The minimum atomic E-state index is 1.05. The first kappa shape index (κ1) is 22.6. The Kier molecular flexibility index (Phi) is 7.02. The van der Waals surface area contributed by atoms with E-state index in [1.54, 1.807) is 0 Å². The maximum absolute atomic E-state index is 2.50. The quantitative estimate of drug-likeness (QED) is 0.238. The van der Waals surface area contributed by atoms with Crippen molar-refractivity contribution in [1.29, 1.82) is 0 Å². The summed E-state index contributed by atoms with van der Waals surface area (Å²) in [5.74, 6) is 0. The van der Waals surface area contributed by atoms with Crippen molar-refractivity contribution in [3.05, 3.63) is 83.5 Å². The van der Waals surface area contributed by atoms with E-state index in [1.165, 1.54) is 57.9 Å². The van der Waals surface area contributed by atoms with Crippen LogP contribution in [0.4, 0.5) is 5.69 Å². The number of unbranched alkanes of at least 4 members (excludes halogenated alkanes) is 2. The zero-order valence-electron chi connectivity index (χ0n) is 19.8. The van der Waals surface area contributed by atoms with E-state index in [0.717, 1.165) is 11.0 Å². The standard InChI is InChI=1S/C28H35N3S/c1-29-21-19-23(24-14-6-7-15-25(24)29)13-12-18-28-30(20-10-5-11-22-31(2,3)4)26-16-8-9-17-27(26)32-28/h6-9,12-19,21H,5,10-11,20,22H2,1-4H3/q+2. The van der Waals surface area contributed by atoms with E-state index in [-0.39, 0.29) is 0 Å². The van der Waals surface area contributed by atoms with Crippen LogP contribution in [0.3, 0.4) is 0 Å². The number of fused-ring (bicyclic) bond motifs is 2. The SMILES string of the molecule is C[n+]1ccc(C=CC=C2Sc3ccccc3N2CCCCC[N+](C)(C)C)c2ccccc21. The summed E-state index contributed by atoms with van der Waals surface area (Å²) < 4.78 is 3.22. The number of hydrogen-bond acceptors (Lipinski definition) is 2. The number of hydrogen-bond donors (Lipinski definition) is 0. The average molecular weight is 446 g/mol. The van der Waals surface area contributed by atoms with Crippen LogP contribution in [0.25, 0.3) is 17.0 Å². The molecule has 0 spiro atoms. The number of para-hydroxylation sites is 2. The molecule has 4 rings (SSSR count). The molecule has 1 aliphatic rings. The topological polar surface area (TPSA) is 7.12 Å². The van der Waals surface area contributed by atoms with Gasteiger partial charge in [-0.15, -0.1) is 0 Å². The number of thioether (sulfide) groups is 1. The second kappa shape index (κ2) is 9.93. The lowest BCUT2D eigenvalue weighted by Crippen LogP contribution is -2.35. The van der Waals surface area contributed by atoms with Crippen molar-refractivity contribution in [1.82, 2.24) is 0 Å². The second-order valence-corrected chi connectivity index (χ2v) is 10.6. The van der Waals surface area contributed by atoms with Gasteiger partial charge in [-0.1, -0.05) is 48.2 Å². The lowest BCUT2D eigenvalue weighted by Gasteiger charge is -2.24. The second-order valence-electron chi connectivity index (χ2n) is 9.56. The van der Waals surface area contributed by atoms with Gasteiger partial charge < -0.3 is 9.38 Å². The first-order valence-electron chi connectivity index (χ1n) is 11.5. The zero-order valence-corrected chi connectivity index (χ0v) is 20.6. The highest BCUT2D eigenvalue weighted by Crippen LogP contribution is 2.45. The predicted molar refractivity (Wildman–Crippen MR) is 139 cm³/mol. The maximum Gasteiger partial charge on any atom is 0.212 e. The Bertz CT molecular complexity index is 1140. The molecule has 0 amide bonds. The molecule has 2 aromatic carbocycles. The molecule has 0 saturated carbocycles. The van der Waals surface area contributed by atoms with Crippen LogP contribution in [0.5, 0.6) is 0 Å². The van der Waals surface area contributed by atoms with Crippen LogP contribution >= 0.6 is 11.8 Å². The number of rotatable bonds is 8. The summed E-state index contributed by atoms with van der Waals surface area (Å²) in [5.41, 5.74) is 3.85. The fraction of sp³-hybridized carbons (Fsp3) is 0.321. The van der Waals surface area contributed by atoms with Gasteiger partial charge in [0.15, 0.2) is 6.20 Å². The summed E-state index contributed by atoms with van der Waals surface area (Å²) >= 11 is 1.88. The van der Waals surface area contributed by atoms with Gasteiger partial charge in [0.1, 0.15) is 7.05 Å². The van der Waals surface area contributed by atoms with Gasteiger partial charge >= 0.3 is 0 Å². The van der Waals surface area contributed by atoms with Crippen molar-refractivity contribution in [3.8, 4) is 0 Å². The summed E-state index contributed by atoms with van der Waals surface area (Å²) in [5, 5.41) is 2.60. The maximum atomic E-state index is 2.50. The van der Waals surface area contributed by atoms with Crippen molar-refractivity contribution >= 4 is 34.4 Å². The van der Waals surface area contributed by atoms with E-state index < -0.39 is 0 Å². The highest BCUT2D eigenvalue weighted by atomic mass is 32.2. The Hall–Kier alpha value is -2.56. The van der Waals surface area contributed by atoms with Gasteiger partial charge in [0.05, 0.1) is 43.8 Å². The smallest absolute Gasteiger partial charge is 0.212 e. The predicted octanol–water partition coefficient (Wildman–Crippen LogP) is 6.01. The molecule has 1 aliphatic heterocycles. The van der Waals surface area contributed by atoms with Crippen LogP contribution in [0.2, 0.25) is 0 Å². The van der Waals surface area contributed by atoms with Gasteiger partial charge in [0.2, 0.25) is 5.52 Å². The summed E-state index contributed by atoms with van der Waals surface area (Å²) in [6, 6.07) is 19.6. The van der Waals surface area contributed by atoms with Gasteiger partial charge in [-0.3, -0.25) is 0 Å². The number of benzene rings is 2. The summed E-state index contributed by atoms with van der Waals surface area (Å²) in [6.07, 6.45) is 12.6. The number of anilines is 1. The molecule has 0 N–H and O–H groups in total. The molecule has 166 valence electrons. The Morgan fingerprint density at radius 3 is 2.56 bits per heavy atom. The molecule has 1 aromatic heterocycles. The number of pyridine rings is 1. The van der Waals surface area contributed by atoms with Crippen LogP contribution in [0, 0.1) is 0 Å². The molecular formula is C28H35N3S+2. The molecule has 3 aromatic rings. The molecule has 0 saturated heterocycles. The first-order chi connectivity index (χ1) is 15.4. The third-order valence-electron chi connectivity index (χ3n) is 5.93. The van der Waals surface area contributed by atoms with Gasteiger partial charge in [-0.25, -0.2) is 4.57 Å². The van der Waals surface area contributed by atoms with E-state index in [2.05, 4.69) is 117 Å². The largest absolute Gasteiger partial charge is 0.335 e. The normalized spacial score (nSPS) is 15.2. The fourth-order valence-electron chi connectivity index (χ4n) is 4.21. The molecule has 0 fully saturated rings. The highest BCUT2D eigenvalue weighted by Gasteiger charge is 2.23. The lowest BCUT2D eigenvalue weighted by atomic mass is 10.1. The van der Waals surface area contributed by atoms with E-state index in [9.17, 15) is 0 Å². The molecule has 0 radical (unpaired) electrons. The molecule has 2 heterocycles. The van der Waals surface area contributed by atoms with Gasteiger partial charge in [0, 0.05) is 23.6 Å². The summed E-state index contributed by atoms with van der Waals surface area (Å²) in [6.45, 7) is 2.31. The van der Waals surface area contributed by atoms with Crippen LogP contribution in [0.1, 0.15) is 24.8 Å². The monoisotopic (exact) mass is 445 g/mol. The van der Waals surface area contributed by atoms with E-state index >= 15 is 0 Å². The zero-order chi connectivity index (χ0) is 22.6. The van der Waals surface area contributed by atoms with Crippen molar-refractivity contribution in [3.63, 3.8) is 0 Å². The summed E-state index contributed by atoms with van der Waals surface area (Å²) in [4.78, 5) is 3.86. The molecular weight excluding hydrogens is 410 g/mol. The third kappa shape index (κ3) is 5.43. The van der Waals surface area contributed by atoms with Crippen molar-refractivity contribution in [2.45, 2.75) is 24.2 Å². The minimum Gasteiger partial charge on any atom is -0.335 e. The highest BCUT2D eigenvalue weighted by molar-refractivity contribution is 8.03. The minimum absolute atomic E-state index is 1.05. The molecule has 3 nitrogen and oxygen atoms in total. The van der Waals surface area contributed by atoms with Crippen LogP contribution in [-0.4, -0.2) is 38.7 Å². The van der Waals surface area contributed by atoms with E-state index in [4.69, 9.17) is 0 Å². The molecule has 0 unspecified atom stereocenters. The third-order valence-corrected chi connectivity index (χ3v) is 7.07. The summed E-state index contributed by atoms with van der Waals surface area (Å²) in [7, 11) is 8.92. The Morgan fingerprint density at radius 2 is 1.72 bits per heavy atom. The Labute approximate surface area is 197 Å². The van der Waals surface area contributed by atoms with Gasteiger partial charge in [-0.05, 0) is 49.1 Å². The molecule has 4 heteroatoms. The van der Waals surface area contributed by atoms with Crippen molar-refractivity contribution in [2.24, 2.45) is 7.05 Å². The van der Waals surface area contributed by atoms with E-state index in [0.29, 0.717) is 0 Å². The average Bonchev–Trinajstić information content (AvgIpc) is 3.12. The Morgan fingerprint density at radius 1 is 0.938 bits per heavy atom.